The maximum Gasteiger partial charge on any atom is 0.308 e. The van der Waals surface area contributed by atoms with Gasteiger partial charge in [0.1, 0.15) is 67.4 Å². The van der Waals surface area contributed by atoms with Crippen molar-refractivity contribution in [3.63, 3.8) is 0 Å². The van der Waals surface area contributed by atoms with Crippen LogP contribution < -0.4 is 41.8 Å². The van der Waals surface area contributed by atoms with Crippen LogP contribution >= 0.6 is 0 Å². The smallest absolute Gasteiger partial charge is 0.308 e. The molecule has 0 fully saturated rings. The summed E-state index contributed by atoms with van der Waals surface area (Å²) < 4.78 is 91.4. The van der Waals surface area contributed by atoms with Crippen LogP contribution in [0.5, 0.6) is 5.75 Å². The summed E-state index contributed by atoms with van der Waals surface area (Å²) in [6.07, 6.45) is -1.33. The highest BCUT2D eigenvalue weighted by molar-refractivity contribution is 7.89. The van der Waals surface area contributed by atoms with Crippen molar-refractivity contribution in [2.75, 3.05) is 107 Å². The van der Waals surface area contributed by atoms with Gasteiger partial charge in [0.2, 0.25) is 39.6 Å². The van der Waals surface area contributed by atoms with Crippen molar-refractivity contribution in [3.05, 3.63) is 95.9 Å². The number of primary amides is 1. The van der Waals surface area contributed by atoms with E-state index in [-0.39, 0.29) is 102 Å². The second-order valence-electron chi connectivity index (χ2n) is 19.8. The van der Waals surface area contributed by atoms with Gasteiger partial charge in [-0.3, -0.25) is 38.4 Å². The lowest BCUT2D eigenvalue weighted by molar-refractivity contribution is -0.147. The molecule has 0 spiro atoms. The van der Waals surface area contributed by atoms with E-state index in [2.05, 4.69) is 36.3 Å². The molecule has 1 heterocycles. The van der Waals surface area contributed by atoms with Crippen LogP contribution in [0.25, 0.3) is 10.9 Å². The molecule has 89 heavy (non-hydrogen) atoms. The van der Waals surface area contributed by atoms with E-state index in [1.54, 1.807) is 44.3 Å². The number of hydrogen-bond donors (Lipinski definition) is 8. The molecule has 5 atom stereocenters. The Balaban J connectivity index is 1.63. The third-order valence-electron chi connectivity index (χ3n) is 13.1. The number of halogens is 1. The number of methoxy groups -OCH3 is 2. The number of H-pyrrole nitrogens is 1. The number of esters is 3. The molecule has 28 nitrogen and oxygen atoms in total. The van der Waals surface area contributed by atoms with E-state index in [1.165, 1.54) is 50.6 Å². The first-order valence-electron chi connectivity index (χ1n) is 28.7. The number of ether oxygens (including phenoxy) is 9. The number of para-hydroxylation sites is 1. The molecule has 0 saturated carbocycles. The van der Waals surface area contributed by atoms with Crippen LogP contribution in [-0.2, 0) is 104 Å². The van der Waals surface area contributed by atoms with Crippen LogP contribution in [0.3, 0.4) is 0 Å². The molecule has 490 valence electrons. The molecule has 0 aliphatic rings. The van der Waals surface area contributed by atoms with Crippen molar-refractivity contribution in [1.82, 2.24) is 36.3 Å². The molecule has 0 saturated heterocycles. The second-order valence-corrected chi connectivity index (χ2v) is 21.5. The average Bonchev–Trinajstić information content (AvgIpc) is 3.97. The van der Waals surface area contributed by atoms with Gasteiger partial charge in [-0.05, 0) is 80.3 Å². The summed E-state index contributed by atoms with van der Waals surface area (Å²) in [5, 5.41) is 13.6. The van der Waals surface area contributed by atoms with Gasteiger partial charge in [0.05, 0.1) is 71.2 Å². The summed E-state index contributed by atoms with van der Waals surface area (Å²) in [6, 6.07) is 10.8. The highest BCUT2D eigenvalue weighted by atomic mass is 32.2. The predicted octanol–water partition coefficient (Wildman–Crippen LogP) is 0.364. The zero-order valence-corrected chi connectivity index (χ0v) is 51.1. The van der Waals surface area contributed by atoms with Crippen molar-refractivity contribution < 1.29 is 98.6 Å². The molecular formula is C59H81FN8O20S. The molecule has 4 rings (SSSR count). The van der Waals surface area contributed by atoms with E-state index in [0.29, 0.717) is 42.0 Å². The van der Waals surface area contributed by atoms with Gasteiger partial charge in [-0.1, -0.05) is 30.3 Å². The van der Waals surface area contributed by atoms with Crippen LogP contribution in [0.1, 0.15) is 57.1 Å². The van der Waals surface area contributed by atoms with E-state index in [9.17, 15) is 56.0 Å². The normalized spacial score (nSPS) is 13.4. The number of carbonyl (C=O) groups excluding carboxylic acids is 9. The number of nitrogens with one attached hydrogen (secondary N) is 7. The zero-order valence-electron chi connectivity index (χ0n) is 50.3. The van der Waals surface area contributed by atoms with E-state index in [1.807, 2.05) is 0 Å². The maximum atomic E-state index is 14.7. The highest BCUT2D eigenvalue weighted by Gasteiger charge is 2.38. The summed E-state index contributed by atoms with van der Waals surface area (Å²) in [7, 11) is -1.85. The number of fused-ring (bicyclic) bond motifs is 1. The molecule has 0 bridgehead atoms. The van der Waals surface area contributed by atoms with Crippen molar-refractivity contribution in [2.45, 2.75) is 93.4 Å². The largest absolute Gasteiger partial charge is 0.497 e. The Morgan fingerprint density at radius 2 is 1.26 bits per heavy atom. The minimum atomic E-state index is -4.62. The van der Waals surface area contributed by atoms with E-state index in [4.69, 9.17) is 48.4 Å². The van der Waals surface area contributed by atoms with Crippen LogP contribution in [0, 0.1) is 5.82 Å². The first-order valence-corrected chi connectivity index (χ1v) is 30.1. The lowest BCUT2D eigenvalue weighted by Gasteiger charge is -2.31. The fraction of sp³-hybridized carbons (Fsp3) is 0.508. The van der Waals surface area contributed by atoms with Gasteiger partial charge >= 0.3 is 17.9 Å². The quantitative estimate of drug-likeness (QED) is 0.0128. The second kappa shape index (κ2) is 39.8. The van der Waals surface area contributed by atoms with Crippen LogP contribution in [0.4, 0.5) is 4.39 Å². The molecule has 0 radical (unpaired) electrons. The fourth-order valence-corrected chi connectivity index (χ4v) is 9.72. The number of hydrogen-bond acceptors (Lipinski definition) is 21. The van der Waals surface area contributed by atoms with Gasteiger partial charge in [-0.2, -0.15) is 4.72 Å². The van der Waals surface area contributed by atoms with Gasteiger partial charge < -0.3 is 84.7 Å². The number of benzene rings is 3. The third kappa shape index (κ3) is 27.1. The molecule has 4 aromatic rings. The monoisotopic (exact) mass is 1270 g/mol. The summed E-state index contributed by atoms with van der Waals surface area (Å²) in [6.45, 7) is 3.52. The minimum absolute atomic E-state index is 0.0157. The molecule has 0 aliphatic heterocycles. The topological polar surface area (TPSA) is 385 Å². The first-order chi connectivity index (χ1) is 42.7. The highest BCUT2D eigenvalue weighted by Crippen LogP contribution is 2.21. The Morgan fingerprint density at radius 1 is 0.663 bits per heavy atom. The Morgan fingerprint density at radius 3 is 1.88 bits per heavy atom. The average molecular weight is 1270 g/mol. The number of rotatable bonds is 46. The molecule has 1 aromatic heterocycles. The van der Waals surface area contributed by atoms with Crippen molar-refractivity contribution in [1.29, 1.82) is 0 Å². The number of nitrogens with two attached hydrogens (primary N) is 1. The lowest BCUT2D eigenvalue weighted by atomic mass is 9.93. The first kappa shape index (κ1) is 73.5. The number of amides is 5. The molecule has 9 N–H and O–H groups in total. The van der Waals surface area contributed by atoms with Crippen molar-refractivity contribution in [2.24, 2.45) is 5.73 Å². The fourth-order valence-electron chi connectivity index (χ4n) is 8.52. The van der Waals surface area contributed by atoms with E-state index in [0.717, 1.165) is 12.1 Å². The molecule has 0 aliphatic carbocycles. The van der Waals surface area contributed by atoms with Gasteiger partial charge in [-0.15, -0.1) is 0 Å². The summed E-state index contributed by atoms with van der Waals surface area (Å²) in [5.41, 5.74) is 4.94. The minimum Gasteiger partial charge on any atom is -0.497 e. The SMILES string of the molecule is CCOCCOCCOC(=O)CCC(C=O)(CNCC(=O)NC(Cc1cccc(F)c1)C(=O)NC(Cc1c[nH]c2ccccc12)C(=O)NC(CCC(=O)OCCOC)C(N)=O)NC(=O)C(CC(=O)OCCOCCOCC)NS(=O)(=O)c1ccc(OC)cc1. The molecule has 3 aromatic carbocycles. The molecule has 5 amide bonds. The third-order valence-corrected chi connectivity index (χ3v) is 14.6. The van der Waals surface area contributed by atoms with Crippen LogP contribution in [0.2, 0.25) is 0 Å². The number of aromatic nitrogens is 1. The Hall–Kier alpha value is -7.97. The predicted molar refractivity (Wildman–Crippen MR) is 316 cm³/mol. The number of aldehydes is 1. The standard InChI is InChI=1S/C59H81FN8O20S/c1-5-82-23-25-84-27-30-87-53(72)20-21-59(39-69,67-58(77)50(35-54(73)88-31-28-85-26-24-83-6-2)68-89(78,79)44-16-14-43(81-4)15-17-44)38-62-37-51(70)64-48(33-40-10-9-11-42(60)32-40)56(75)66-49(34-41-36-63-46-13-8-7-12-45(41)46)57(76)65-47(55(61)74)18-19-52(71)86-29-22-80-3/h7-17,32,36,39,47-50,62-63,68H,5-6,18-31,33-35,37-38H2,1-4H3,(H2,61,74)(H,64,70)(H,65,76)(H,66,75)(H,67,77). The number of carbonyl (C=O) groups is 9. The molecule has 5 unspecified atom stereocenters. The lowest BCUT2D eigenvalue weighted by Crippen LogP contribution is -2.61. The van der Waals surface area contributed by atoms with E-state index < -0.39 is 125 Å². The van der Waals surface area contributed by atoms with Gasteiger partial charge in [0.25, 0.3) is 0 Å². The maximum absolute atomic E-state index is 14.7. The van der Waals surface area contributed by atoms with Gasteiger partial charge in [0.15, 0.2) is 0 Å². The summed E-state index contributed by atoms with van der Waals surface area (Å²) >= 11 is 0. The van der Waals surface area contributed by atoms with E-state index >= 15 is 0 Å². The molecule has 30 heteroatoms. The number of aromatic amines is 1. The van der Waals surface area contributed by atoms with Crippen molar-refractivity contribution >= 4 is 74.7 Å². The summed E-state index contributed by atoms with van der Waals surface area (Å²) in [4.78, 5) is 125. The van der Waals surface area contributed by atoms with Crippen molar-refractivity contribution in [3.8, 4) is 5.75 Å². The Labute approximate surface area is 515 Å². The van der Waals surface area contributed by atoms with Gasteiger partial charge in [-0.25, -0.2) is 12.8 Å². The Bertz CT molecular complexity index is 3030. The van der Waals surface area contributed by atoms with Gasteiger partial charge in [0, 0.05) is 69.7 Å². The number of sulfonamides is 1. The summed E-state index contributed by atoms with van der Waals surface area (Å²) in [5.74, 6) is -8.06. The van der Waals surface area contributed by atoms with Crippen LogP contribution in [0.15, 0.2) is 83.9 Å². The van der Waals surface area contributed by atoms with Crippen LogP contribution in [-0.4, -0.2) is 203 Å². The molecular weight excluding hydrogens is 1190 g/mol. The zero-order chi connectivity index (χ0) is 65.0. The Kier molecular flexibility index (Phi) is 32.9.